The van der Waals surface area contributed by atoms with Gasteiger partial charge in [0.05, 0.1) is 5.69 Å². The molecule has 3 heterocycles. The van der Waals surface area contributed by atoms with E-state index in [2.05, 4.69) is 49.2 Å². The maximum atomic E-state index is 5.02. The van der Waals surface area contributed by atoms with Gasteiger partial charge in [-0.25, -0.2) is 14.5 Å². The third-order valence-corrected chi connectivity index (χ3v) is 5.40. The van der Waals surface area contributed by atoms with E-state index in [1.54, 1.807) is 0 Å². The standard InChI is InChI=1S/C22H28N6/c1-5-19-21(24-17(4)18-9-7-6-8-10-18)22-25-20(13-15(2)28(22)26-19)27-12-11-23-14-16(27)3/h6-10,13,16,23H,5,11-12,14H2,1-4H3/b24-17-/t16-/m1/s1. The Hall–Kier alpha value is -2.73. The lowest BCUT2D eigenvalue weighted by atomic mass is 10.1. The lowest BCUT2D eigenvalue weighted by Gasteiger charge is -2.35. The van der Waals surface area contributed by atoms with E-state index in [9.17, 15) is 0 Å². The minimum atomic E-state index is 0.412. The van der Waals surface area contributed by atoms with Crippen LogP contribution in [0, 0.1) is 6.92 Å². The Labute approximate surface area is 166 Å². The number of fused-ring (bicyclic) bond motifs is 1. The Morgan fingerprint density at radius 3 is 2.79 bits per heavy atom. The summed E-state index contributed by atoms with van der Waals surface area (Å²) in [6.45, 7) is 11.4. The lowest BCUT2D eigenvalue weighted by Crippen LogP contribution is -2.50. The van der Waals surface area contributed by atoms with Crippen molar-refractivity contribution in [3.05, 3.63) is 53.3 Å². The first kappa shape index (κ1) is 18.6. The number of anilines is 1. The van der Waals surface area contributed by atoms with Crippen LogP contribution in [0.4, 0.5) is 11.5 Å². The summed E-state index contributed by atoms with van der Waals surface area (Å²) in [5.41, 5.74) is 5.89. The Bertz CT molecular complexity index is 1000. The number of aryl methyl sites for hydroxylation is 2. The van der Waals surface area contributed by atoms with E-state index in [0.29, 0.717) is 6.04 Å². The van der Waals surface area contributed by atoms with Crippen LogP contribution in [-0.4, -0.2) is 46.0 Å². The summed E-state index contributed by atoms with van der Waals surface area (Å²) in [5.74, 6) is 1.01. The van der Waals surface area contributed by atoms with Crippen molar-refractivity contribution in [2.75, 3.05) is 24.5 Å². The summed E-state index contributed by atoms with van der Waals surface area (Å²) in [6.07, 6.45) is 0.822. The molecule has 1 saturated heterocycles. The zero-order valence-electron chi connectivity index (χ0n) is 17.1. The van der Waals surface area contributed by atoms with Gasteiger partial charge >= 0.3 is 0 Å². The second kappa shape index (κ2) is 7.72. The predicted octanol–water partition coefficient (Wildman–Crippen LogP) is 3.54. The molecule has 1 aliphatic rings. The van der Waals surface area contributed by atoms with Gasteiger partial charge < -0.3 is 10.2 Å². The van der Waals surface area contributed by atoms with Crippen LogP contribution in [0.15, 0.2) is 41.4 Å². The molecule has 0 amide bonds. The Morgan fingerprint density at radius 2 is 2.07 bits per heavy atom. The van der Waals surface area contributed by atoms with E-state index in [1.807, 2.05) is 29.6 Å². The topological polar surface area (TPSA) is 57.8 Å². The van der Waals surface area contributed by atoms with Gasteiger partial charge in [0.2, 0.25) is 0 Å². The number of piperazine rings is 1. The van der Waals surface area contributed by atoms with Crippen LogP contribution < -0.4 is 10.2 Å². The highest BCUT2D eigenvalue weighted by molar-refractivity contribution is 6.01. The molecule has 1 N–H and O–H groups in total. The average Bonchev–Trinajstić information content (AvgIpc) is 3.07. The Kier molecular flexibility index (Phi) is 5.13. The monoisotopic (exact) mass is 376 g/mol. The van der Waals surface area contributed by atoms with Crippen molar-refractivity contribution in [2.24, 2.45) is 4.99 Å². The highest BCUT2D eigenvalue weighted by Crippen LogP contribution is 2.29. The molecule has 6 heteroatoms. The summed E-state index contributed by atoms with van der Waals surface area (Å²) in [5, 5.41) is 8.24. The van der Waals surface area contributed by atoms with E-state index >= 15 is 0 Å². The maximum Gasteiger partial charge on any atom is 0.183 e. The molecular weight excluding hydrogens is 348 g/mol. The van der Waals surface area contributed by atoms with Gasteiger partial charge in [-0.05, 0) is 32.8 Å². The quantitative estimate of drug-likeness (QED) is 0.708. The van der Waals surface area contributed by atoms with Gasteiger partial charge in [-0.15, -0.1) is 0 Å². The molecule has 4 rings (SSSR count). The molecule has 0 radical (unpaired) electrons. The molecule has 1 fully saturated rings. The van der Waals surface area contributed by atoms with Crippen LogP contribution in [0.5, 0.6) is 0 Å². The van der Waals surface area contributed by atoms with E-state index < -0.39 is 0 Å². The second-order valence-electron chi connectivity index (χ2n) is 7.45. The Balaban J connectivity index is 1.85. The maximum absolute atomic E-state index is 5.02. The summed E-state index contributed by atoms with van der Waals surface area (Å²) in [6, 6.07) is 12.8. The van der Waals surface area contributed by atoms with E-state index in [4.69, 9.17) is 15.1 Å². The zero-order chi connectivity index (χ0) is 19.7. The number of rotatable bonds is 4. The fourth-order valence-corrected chi connectivity index (χ4v) is 3.77. The fourth-order valence-electron chi connectivity index (χ4n) is 3.77. The third-order valence-electron chi connectivity index (χ3n) is 5.40. The first-order chi connectivity index (χ1) is 13.6. The molecule has 3 aromatic rings. The highest BCUT2D eigenvalue weighted by Gasteiger charge is 2.22. The van der Waals surface area contributed by atoms with Gasteiger partial charge in [0.15, 0.2) is 5.65 Å². The average molecular weight is 377 g/mol. The molecule has 1 aliphatic heterocycles. The van der Waals surface area contributed by atoms with E-state index in [1.165, 1.54) is 0 Å². The summed E-state index contributed by atoms with van der Waals surface area (Å²) >= 11 is 0. The van der Waals surface area contributed by atoms with Crippen molar-refractivity contribution < 1.29 is 0 Å². The molecule has 0 unspecified atom stereocenters. The van der Waals surface area contributed by atoms with Crippen molar-refractivity contribution in [3.63, 3.8) is 0 Å². The van der Waals surface area contributed by atoms with Crippen molar-refractivity contribution in [1.29, 1.82) is 0 Å². The number of aromatic nitrogens is 3. The normalized spacial score (nSPS) is 18.1. The van der Waals surface area contributed by atoms with Crippen LogP contribution >= 0.6 is 0 Å². The van der Waals surface area contributed by atoms with Gasteiger partial charge in [-0.3, -0.25) is 0 Å². The van der Waals surface area contributed by atoms with Gasteiger partial charge in [-0.1, -0.05) is 37.3 Å². The Morgan fingerprint density at radius 1 is 1.29 bits per heavy atom. The predicted molar refractivity (Wildman–Crippen MR) is 115 cm³/mol. The molecule has 0 aliphatic carbocycles. The largest absolute Gasteiger partial charge is 0.351 e. The van der Waals surface area contributed by atoms with Crippen LogP contribution in [0.2, 0.25) is 0 Å². The van der Waals surface area contributed by atoms with Gasteiger partial charge in [0, 0.05) is 43.1 Å². The fraction of sp³-hybridized carbons (Fsp3) is 0.409. The van der Waals surface area contributed by atoms with Crippen molar-refractivity contribution in [1.82, 2.24) is 19.9 Å². The zero-order valence-corrected chi connectivity index (χ0v) is 17.1. The molecule has 0 spiro atoms. The van der Waals surface area contributed by atoms with Crippen molar-refractivity contribution in [3.8, 4) is 0 Å². The smallest absolute Gasteiger partial charge is 0.183 e. The molecule has 1 aromatic carbocycles. The highest BCUT2D eigenvalue weighted by atomic mass is 15.3. The molecule has 1 atom stereocenters. The van der Waals surface area contributed by atoms with Crippen molar-refractivity contribution in [2.45, 2.75) is 40.2 Å². The molecule has 6 nitrogen and oxygen atoms in total. The first-order valence-electron chi connectivity index (χ1n) is 10.1. The lowest BCUT2D eigenvalue weighted by molar-refractivity contribution is 0.497. The number of nitrogens with zero attached hydrogens (tertiary/aromatic N) is 5. The summed E-state index contributed by atoms with van der Waals surface area (Å²) in [4.78, 5) is 12.4. The van der Waals surface area contributed by atoms with E-state index in [-0.39, 0.29) is 0 Å². The molecule has 0 saturated carbocycles. The molecule has 146 valence electrons. The van der Waals surface area contributed by atoms with Gasteiger partial charge in [0.1, 0.15) is 11.5 Å². The van der Waals surface area contributed by atoms with Gasteiger partial charge in [0.25, 0.3) is 0 Å². The number of aliphatic imine (C=N–C) groups is 1. The molecule has 0 bridgehead atoms. The van der Waals surface area contributed by atoms with Gasteiger partial charge in [-0.2, -0.15) is 5.10 Å². The first-order valence-corrected chi connectivity index (χ1v) is 10.1. The minimum Gasteiger partial charge on any atom is -0.351 e. The SMILES string of the molecule is CCc1nn2c(C)cc(N3CCNC[C@H]3C)nc2c1/N=C(/C)c1ccccc1. The van der Waals surface area contributed by atoms with Crippen LogP contribution in [0.25, 0.3) is 5.65 Å². The number of nitrogens with one attached hydrogen (secondary N) is 1. The second-order valence-corrected chi connectivity index (χ2v) is 7.45. The number of benzene rings is 1. The van der Waals surface area contributed by atoms with Crippen LogP contribution in [-0.2, 0) is 6.42 Å². The van der Waals surface area contributed by atoms with E-state index in [0.717, 1.165) is 65.9 Å². The van der Waals surface area contributed by atoms with Crippen LogP contribution in [0.1, 0.15) is 37.7 Å². The molecule has 2 aromatic heterocycles. The third kappa shape index (κ3) is 3.40. The number of hydrogen-bond acceptors (Lipinski definition) is 5. The number of hydrogen-bond donors (Lipinski definition) is 1. The summed E-state index contributed by atoms with van der Waals surface area (Å²) in [7, 11) is 0. The van der Waals surface area contributed by atoms with Crippen molar-refractivity contribution >= 4 is 22.9 Å². The minimum absolute atomic E-state index is 0.412. The van der Waals surface area contributed by atoms with Crippen LogP contribution in [0.3, 0.4) is 0 Å². The summed E-state index contributed by atoms with van der Waals surface area (Å²) < 4.78 is 1.94. The molecule has 28 heavy (non-hydrogen) atoms. The molecular formula is C22H28N6.